The van der Waals surface area contributed by atoms with Gasteiger partial charge in [0.2, 0.25) is 0 Å². The van der Waals surface area contributed by atoms with E-state index in [0.717, 1.165) is 0 Å². The van der Waals surface area contributed by atoms with Crippen LogP contribution in [0, 0.1) is 36.0 Å². The highest BCUT2D eigenvalue weighted by atomic mass is 16.6. The maximum absolute atomic E-state index is 13.6. The number of aliphatic hydroxyl groups excluding tert-OH is 2. The third kappa shape index (κ3) is 11.3. The molecule has 0 bridgehead atoms. The van der Waals surface area contributed by atoms with Gasteiger partial charge in [-0.1, -0.05) is 33.6 Å². The number of urea groups is 1. The van der Waals surface area contributed by atoms with Crippen molar-refractivity contribution in [3.05, 3.63) is 0 Å². The molecule has 0 unspecified atom stereocenters. The monoisotopic (exact) mass is 657 g/mol. The SMILES string of the molecule is C#CCO[C@@H]1[C@@H](C)[C@H](OC(=O)NCCCN=C(N)NC(=O)NC)[C@@H](C)C(=O)O[C@H](CC)[C@@](C)(O)[C@H](O)[C@@H](C)[C@@H](O)[C@H](C)C[C@@]1(C)O. The number of guanidine groups is 1. The molecule has 3 amide bonds. The van der Waals surface area contributed by atoms with Gasteiger partial charge in [-0.2, -0.15) is 0 Å². The van der Waals surface area contributed by atoms with Gasteiger partial charge in [0.15, 0.2) is 5.96 Å². The number of carbonyl (C=O) groups is 3. The molecule has 264 valence electrons. The Labute approximate surface area is 272 Å². The number of aliphatic hydroxyl groups is 4. The van der Waals surface area contributed by atoms with Crippen molar-refractivity contribution < 1.29 is 49.0 Å². The Hall–Kier alpha value is -3.16. The fourth-order valence-corrected chi connectivity index (χ4v) is 6.04. The van der Waals surface area contributed by atoms with E-state index < -0.39 is 83.5 Å². The summed E-state index contributed by atoms with van der Waals surface area (Å²) >= 11 is 0. The van der Waals surface area contributed by atoms with Crippen molar-refractivity contribution in [2.75, 3.05) is 26.7 Å². The highest BCUT2D eigenvalue weighted by Gasteiger charge is 2.50. The van der Waals surface area contributed by atoms with Gasteiger partial charge in [-0.05, 0) is 46.0 Å². The zero-order valence-electron chi connectivity index (χ0n) is 28.3. The van der Waals surface area contributed by atoms with Crippen molar-refractivity contribution in [2.45, 2.75) is 109 Å². The second-order valence-corrected chi connectivity index (χ2v) is 12.6. The van der Waals surface area contributed by atoms with E-state index in [0.29, 0.717) is 6.42 Å². The van der Waals surface area contributed by atoms with Crippen LogP contribution in [0.1, 0.15) is 67.7 Å². The van der Waals surface area contributed by atoms with Crippen LogP contribution in [0.25, 0.3) is 0 Å². The first kappa shape index (κ1) is 40.9. The number of aliphatic imine (C=N–C) groups is 1. The summed E-state index contributed by atoms with van der Waals surface area (Å²) in [7, 11) is 1.43. The van der Waals surface area contributed by atoms with Gasteiger partial charge in [0.05, 0.1) is 29.8 Å². The van der Waals surface area contributed by atoms with E-state index in [-0.39, 0.29) is 38.5 Å². The van der Waals surface area contributed by atoms with Gasteiger partial charge in [-0.3, -0.25) is 15.1 Å². The number of amides is 3. The van der Waals surface area contributed by atoms with E-state index in [9.17, 15) is 34.8 Å². The Morgan fingerprint density at radius 1 is 1.17 bits per heavy atom. The molecule has 9 N–H and O–H groups in total. The maximum atomic E-state index is 13.6. The zero-order chi connectivity index (χ0) is 35.4. The van der Waals surface area contributed by atoms with Gasteiger partial charge in [0, 0.05) is 32.0 Å². The van der Waals surface area contributed by atoms with Crippen molar-refractivity contribution in [1.29, 1.82) is 0 Å². The fourth-order valence-electron chi connectivity index (χ4n) is 6.04. The molecule has 15 heteroatoms. The van der Waals surface area contributed by atoms with Crippen LogP contribution in [0.4, 0.5) is 9.59 Å². The Bertz CT molecular complexity index is 1080. The zero-order valence-corrected chi connectivity index (χ0v) is 28.3. The third-order valence-electron chi connectivity index (χ3n) is 8.65. The summed E-state index contributed by atoms with van der Waals surface area (Å²) in [6.45, 7) is 11.0. The molecule has 1 aliphatic heterocycles. The molecule has 0 aromatic heterocycles. The van der Waals surface area contributed by atoms with Crippen LogP contribution in [0.5, 0.6) is 0 Å². The lowest BCUT2D eigenvalue weighted by Crippen LogP contribution is -2.58. The summed E-state index contributed by atoms with van der Waals surface area (Å²) in [5, 5.41) is 52.7. The number of hydrogen-bond donors (Lipinski definition) is 8. The molecular formula is C31H55N5O10. The first-order valence-electron chi connectivity index (χ1n) is 15.6. The first-order valence-corrected chi connectivity index (χ1v) is 15.6. The van der Waals surface area contributed by atoms with E-state index in [2.05, 4.69) is 26.9 Å². The number of esters is 1. The summed E-state index contributed by atoms with van der Waals surface area (Å²) < 4.78 is 17.4. The Kier molecular flexibility index (Phi) is 16.2. The van der Waals surface area contributed by atoms with Gasteiger partial charge >= 0.3 is 18.1 Å². The van der Waals surface area contributed by atoms with Crippen LogP contribution in [0.3, 0.4) is 0 Å². The fraction of sp³-hybridized carbons (Fsp3) is 0.806. The molecule has 1 saturated heterocycles. The summed E-state index contributed by atoms with van der Waals surface area (Å²) in [5.74, 6) is -1.99. The molecule has 15 nitrogen and oxygen atoms in total. The minimum absolute atomic E-state index is 0.0275. The van der Waals surface area contributed by atoms with Gasteiger partial charge in [0.25, 0.3) is 0 Å². The van der Waals surface area contributed by atoms with Gasteiger partial charge < -0.3 is 51.0 Å². The quantitative estimate of drug-likeness (QED) is 0.0578. The average molecular weight is 658 g/mol. The third-order valence-corrected chi connectivity index (χ3v) is 8.65. The van der Waals surface area contributed by atoms with Crippen molar-refractivity contribution >= 4 is 24.1 Å². The lowest BCUT2D eigenvalue weighted by molar-refractivity contribution is -0.204. The van der Waals surface area contributed by atoms with E-state index in [1.165, 1.54) is 27.8 Å². The summed E-state index contributed by atoms with van der Waals surface area (Å²) in [6.07, 6.45) is -1.12. The van der Waals surface area contributed by atoms with E-state index in [4.69, 9.17) is 26.4 Å². The van der Waals surface area contributed by atoms with Crippen LogP contribution in [0.15, 0.2) is 4.99 Å². The lowest BCUT2D eigenvalue weighted by Gasteiger charge is -2.45. The van der Waals surface area contributed by atoms with E-state index in [1.54, 1.807) is 27.7 Å². The molecule has 0 radical (unpaired) electrons. The molecule has 46 heavy (non-hydrogen) atoms. The number of nitrogens with one attached hydrogen (secondary N) is 3. The van der Waals surface area contributed by atoms with Crippen molar-refractivity contribution in [3.63, 3.8) is 0 Å². The predicted molar refractivity (Wildman–Crippen MR) is 170 cm³/mol. The number of nitrogens with zero attached hydrogens (tertiary/aromatic N) is 1. The molecular weight excluding hydrogens is 602 g/mol. The minimum Gasteiger partial charge on any atom is -0.459 e. The van der Waals surface area contributed by atoms with E-state index >= 15 is 0 Å². The number of ether oxygens (including phenoxy) is 3. The standard InChI is InChI=1S/C31H55N5O10/c1-10-15-44-25-19(5)23(46-29(41)35-14-12-13-34-27(32)36-28(40)33-9)20(6)26(39)45-21(11-2)31(8,43)24(38)18(4)22(37)17(3)16-30(25,7)42/h1,17-25,37-38,42-43H,11-16H2,2-9H3,(H,35,41)(H4,32,33,34,36,40)/t17-,18+,19+,20-,21-,22+,23+,24-,25-,30-,31-/m1/s1. The maximum Gasteiger partial charge on any atom is 0.407 e. The molecule has 1 heterocycles. The van der Waals surface area contributed by atoms with Crippen LogP contribution < -0.4 is 21.7 Å². The number of rotatable bonds is 8. The van der Waals surface area contributed by atoms with Crippen LogP contribution in [-0.4, -0.2) is 113 Å². The molecule has 1 aliphatic rings. The molecule has 0 spiro atoms. The second kappa shape index (κ2) is 18.2. The lowest BCUT2D eigenvalue weighted by atomic mass is 9.73. The van der Waals surface area contributed by atoms with Crippen molar-refractivity contribution in [3.8, 4) is 12.3 Å². The number of cyclic esters (lactones) is 1. The van der Waals surface area contributed by atoms with Crippen molar-refractivity contribution in [2.24, 2.45) is 34.4 Å². The minimum atomic E-state index is -1.95. The molecule has 11 atom stereocenters. The Morgan fingerprint density at radius 3 is 2.37 bits per heavy atom. The summed E-state index contributed by atoms with van der Waals surface area (Å²) in [5.41, 5.74) is 2.01. The predicted octanol–water partition coefficient (Wildman–Crippen LogP) is 0.227. The van der Waals surface area contributed by atoms with Gasteiger partial charge in [-0.15, -0.1) is 6.42 Å². The molecule has 0 saturated carbocycles. The molecule has 0 aromatic carbocycles. The Morgan fingerprint density at radius 2 is 1.80 bits per heavy atom. The largest absolute Gasteiger partial charge is 0.459 e. The summed E-state index contributed by atoms with van der Waals surface area (Å²) in [6, 6.07) is -0.526. The van der Waals surface area contributed by atoms with Gasteiger partial charge in [-0.25, -0.2) is 9.59 Å². The molecule has 0 aliphatic carbocycles. The number of alkyl carbamates (subject to hydrolysis) is 1. The Balaban J connectivity index is 3.40. The number of terminal acetylenes is 1. The first-order chi connectivity index (χ1) is 21.3. The normalized spacial score (nSPS) is 36.4. The van der Waals surface area contributed by atoms with Crippen LogP contribution >= 0.6 is 0 Å². The number of nitrogens with two attached hydrogens (primary N) is 1. The topological polar surface area (TPSA) is 234 Å². The molecule has 1 rings (SSSR count). The van der Waals surface area contributed by atoms with Crippen LogP contribution in [-0.2, 0) is 19.0 Å². The highest BCUT2D eigenvalue weighted by molar-refractivity contribution is 5.95. The number of carbonyl (C=O) groups excluding carboxylic acids is 3. The smallest absolute Gasteiger partial charge is 0.407 e. The number of hydrogen-bond acceptors (Lipinski definition) is 11. The summed E-state index contributed by atoms with van der Waals surface area (Å²) in [4.78, 5) is 41.8. The highest BCUT2D eigenvalue weighted by Crippen LogP contribution is 2.37. The molecule has 0 aromatic rings. The van der Waals surface area contributed by atoms with E-state index in [1.807, 2.05) is 0 Å². The van der Waals surface area contributed by atoms with Crippen molar-refractivity contribution in [1.82, 2.24) is 16.0 Å². The average Bonchev–Trinajstić information content (AvgIpc) is 2.99. The molecule has 1 fully saturated rings. The van der Waals surface area contributed by atoms with Gasteiger partial charge in [0.1, 0.15) is 24.4 Å². The van der Waals surface area contributed by atoms with Crippen LogP contribution in [0.2, 0.25) is 0 Å². The second-order valence-electron chi connectivity index (χ2n) is 12.6.